The molecule has 6 heteroatoms. The molecule has 4 nitrogen and oxygen atoms in total. The first-order chi connectivity index (χ1) is 9.49. The normalized spacial score (nSPS) is 10.2. The van der Waals surface area contributed by atoms with Crippen molar-refractivity contribution in [3.63, 3.8) is 0 Å². The van der Waals surface area contributed by atoms with Gasteiger partial charge in [0, 0.05) is 9.77 Å². The Morgan fingerprint density at radius 3 is 2.85 bits per heavy atom. The molecule has 1 heterocycles. The third-order valence-electron chi connectivity index (χ3n) is 2.71. The van der Waals surface area contributed by atoms with Gasteiger partial charge in [-0.15, -0.1) is 11.3 Å². The molecule has 20 heavy (non-hydrogen) atoms. The molecule has 0 unspecified atom stereocenters. The Labute approximate surface area is 125 Å². The van der Waals surface area contributed by atoms with E-state index in [1.165, 1.54) is 23.1 Å². The monoisotopic (exact) mass is 304 g/mol. The van der Waals surface area contributed by atoms with Crippen molar-refractivity contribution in [2.45, 2.75) is 29.5 Å². The predicted molar refractivity (Wildman–Crippen MR) is 78.2 cm³/mol. The van der Waals surface area contributed by atoms with Crippen molar-refractivity contribution < 1.29 is 9.90 Å². The smallest absolute Gasteiger partial charge is 0.308 e. The summed E-state index contributed by atoms with van der Waals surface area (Å²) in [5.41, 5.74) is 2.36. The van der Waals surface area contributed by atoms with E-state index in [9.17, 15) is 4.79 Å². The second kappa shape index (κ2) is 6.07. The molecule has 0 bridgehead atoms. The third-order valence-corrected chi connectivity index (χ3v) is 4.92. The van der Waals surface area contributed by atoms with E-state index in [0.717, 1.165) is 25.4 Å². The molecule has 0 radical (unpaired) electrons. The van der Waals surface area contributed by atoms with Gasteiger partial charge in [-0.05, 0) is 37.6 Å². The summed E-state index contributed by atoms with van der Waals surface area (Å²) in [5, 5.41) is 17.7. The lowest BCUT2D eigenvalue weighted by molar-refractivity contribution is -0.136. The molecule has 102 valence electrons. The minimum atomic E-state index is -0.845. The fourth-order valence-corrected chi connectivity index (χ4v) is 3.97. The molecular formula is C14H12N2O2S2. The van der Waals surface area contributed by atoms with Crippen molar-refractivity contribution in [3.05, 3.63) is 39.9 Å². The Hall–Kier alpha value is -1.84. The maximum absolute atomic E-state index is 10.7. The van der Waals surface area contributed by atoms with Gasteiger partial charge in [-0.3, -0.25) is 4.79 Å². The number of carboxylic acid groups (broad SMARTS) is 1. The Bertz CT molecular complexity index is 702. The van der Waals surface area contributed by atoms with Gasteiger partial charge in [0.25, 0.3) is 0 Å². The van der Waals surface area contributed by atoms with Crippen LogP contribution in [-0.2, 0) is 11.2 Å². The lowest BCUT2D eigenvalue weighted by atomic mass is 10.1. The van der Waals surface area contributed by atoms with Gasteiger partial charge in [-0.25, -0.2) is 4.98 Å². The fourth-order valence-electron chi connectivity index (χ4n) is 1.67. The molecule has 1 aromatic heterocycles. The average Bonchev–Trinajstić information content (AvgIpc) is 2.69. The molecule has 0 aliphatic rings. The maximum atomic E-state index is 10.7. The van der Waals surface area contributed by atoms with Crippen molar-refractivity contribution in [2.75, 3.05) is 0 Å². The molecule has 1 N–H and O–H groups in total. The number of thiazole rings is 1. The number of hydrogen-bond acceptors (Lipinski definition) is 5. The number of rotatable bonds is 4. The number of nitriles is 1. The fraction of sp³-hybridized carbons (Fsp3) is 0.214. The van der Waals surface area contributed by atoms with Gasteiger partial charge >= 0.3 is 5.97 Å². The van der Waals surface area contributed by atoms with Crippen LogP contribution in [0.15, 0.2) is 27.4 Å². The first kappa shape index (κ1) is 14.6. The molecule has 1 aromatic carbocycles. The highest BCUT2D eigenvalue weighted by molar-refractivity contribution is 8.01. The van der Waals surface area contributed by atoms with Gasteiger partial charge in [0.2, 0.25) is 0 Å². The van der Waals surface area contributed by atoms with Crippen LogP contribution in [0.4, 0.5) is 0 Å². The second-order valence-corrected chi connectivity index (χ2v) is 6.65. The molecule has 0 fully saturated rings. The summed E-state index contributed by atoms with van der Waals surface area (Å²) >= 11 is 2.89. The van der Waals surface area contributed by atoms with Crippen LogP contribution >= 0.6 is 23.1 Å². The van der Waals surface area contributed by atoms with Crippen LogP contribution in [0.2, 0.25) is 0 Å². The highest BCUT2D eigenvalue weighted by Crippen LogP contribution is 2.33. The molecule has 0 aliphatic carbocycles. The molecule has 0 atom stereocenters. The predicted octanol–water partition coefficient (Wildman–Crippen LogP) is 3.41. The van der Waals surface area contributed by atoms with Crippen LogP contribution < -0.4 is 0 Å². The minimum absolute atomic E-state index is 0.0104. The van der Waals surface area contributed by atoms with E-state index in [1.807, 2.05) is 26.0 Å². The Kier molecular flexibility index (Phi) is 4.42. The third kappa shape index (κ3) is 3.38. The first-order valence-corrected chi connectivity index (χ1v) is 7.49. The standard InChI is InChI=1S/C14H12N2O2S2/c1-8-5-11(4-3-10(8)7-15)19-14-16-9(2)12(20-14)6-13(17)18/h3-5H,6H2,1-2H3,(H,17,18). The first-order valence-electron chi connectivity index (χ1n) is 5.86. The van der Waals surface area contributed by atoms with Gasteiger partial charge in [-0.2, -0.15) is 5.26 Å². The SMILES string of the molecule is Cc1cc(Sc2nc(C)c(CC(=O)O)s2)ccc1C#N. The molecule has 0 saturated heterocycles. The second-order valence-electron chi connectivity index (χ2n) is 4.25. The summed E-state index contributed by atoms with van der Waals surface area (Å²) in [7, 11) is 0. The lowest BCUT2D eigenvalue weighted by Gasteiger charge is -2.01. The number of carbonyl (C=O) groups is 1. The average molecular weight is 304 g/mol. The minimum Gasteiger partial charge on any atom is -0.481 e. The van der Waals surface area contributed by atoms with E-state index >= 15 is 0 Å². The van der Waals surface area contributed by atoms with Crippen molar-refractivity contribution in [3.8, 4) is 6.07 Å². The van der Waals surface area contributed by atoms with Crippen molar-refractivity contribution in [1.29, 1.82) is 5.26 Å². The van der Waals surface area contributed by atoms with Crippen LogP contribution in [-0.4, -0.2) is 16.1 Å². The van der Waals surface area contributed by atoms with E-state index < -0.39 is 5.97 Å². The topological polar surface area (TPSA) is 74.0 Å². The number of aryl methyl sites for hydroxylation is 2. The summed E-state index contributed by atoms with van der Waals surface area (Å²) in [6, 6.07) is 7.74. The molecule has 0 saturated carbocycles. The van der Waals surface area contributed by atoms with Crippen molar-refractivity contribution >= 4 is 29.1 Å². The largest absolute Gasteiger partial charge is 0.481 e. The summed E-state index contributed by atoms with van der Waals surface area (Å²) in [4.78, 5) is 16.9. The zero-order valence-corrected chi connectivity index (χ0v) is 12.6. The number of hydrogen-bond donors (Lipinski definition) is 1. The number of benzene rings is 1. The van der Waals surface area contributed by atoms with Gasteiger partial charge in [0.05, 0.1) is 23.7 Å². The van der Waals surface area contributed by atoms with E-state index in [-0.39, 0.29) is 6.42 Å². The summed E-state index contributed by atoms with van der Waals surface area (Å²) in [6.07, 6.45) is 0.0104. The highest BCUT2D eigenvalue weighted by Gasteiger charge is 2.12. The summed E-state index contributed by atoms with van der Waals surface area (Å²) in [6.45, 7) is 3.72. The molecular weight excluding hydrogens is 292 g/mol. The van der Waals surface area contributed by atoms with Gasteiger partial charge in [0.1, 0.15) is 0 Å². The molecule has 0 amide bonds. The lowest BCUT2D eigenvalue weighted by Crippen LogP contribution is -1.99. The molecule has 0 aliphatic heterocycles. The van der Waals surface area contributed by atoms with Gasteiger partial charge < -0.3 is 5.11 Å². The number of nitrogens with zero attached hydrogens (tertiary/aromatic N) is 2. The molecule has 2 aromatic rings. The number of aliphatic carboxylic acids is 1. The number of carboxylic acids is 1. The van der Waals surface area contributed by atoms with Crippen LogP contribution in [0.1, 0.15) is 21.7 Å². The summed E-state index contributed by atoms with van der Waals surface area (Å²) in [5.74, 6) is -0.845. The van der Waals surface area contributed by atoms with Crippen LogP contribution in [0.25, 0.3) is 0 Å². The Balaban J connectivity index is 2.20. The molecule has 0 spiro atoms. The van der Waals surface area contributed by atoms with Crippen molar-refractivity contribution in [1.82, 2.24) is 4.98 Å². The quantitative estimate of drug-likeness (QED) is 0.937. The summed E-state index contributed by atoms with van der Waals surface area (Å²) < 4.78 is 0.822. The highest BCUT2D eigenvalue weighted by atomic mass is 32.2. The van der Waals surface area contributed by atoms with Crippen LogP contribution in [0.5, 0.6) is 0 Å². The number of aromatic nitrogens is 1. The van der Waals surface area contributed by atoms with E-state index in [1.54, 1.807) is 6.07 Å². The van der Waals surface area contributed by atoms with E-state index in [2.05, 4.69) is 11.1 Å². The Morgan fingerprint density at radius 2 is 2.25 bits per heavy atom. The van der Waals surface area contributed by atoms with Crippen molar-refractivity contribution in [2.24, 2.45) is 0 Å². The van der Waals surface area contributed by atoms with E-state index in [4.69, 9.17) is 10.4 Å². The zero-order valence-electron chi connectivity index (χ0n) is 11.0. The van der Waals surface area contributed by atoms with Crippen LogP contribution in [0, 0.1) is 25.2 Å². The molecule has 2 rings (SSSR count). The van der Waals surface area contributed by atoms with E-state index in [0.29, 0.717) is 5.56 Å². The zero-order chi connectivity index (χ0) is 14.7. The van der Waals surface area contributed by atoms with Gasteiger partial charge in [-0.1, -0.05) is 11.8 Å². The van der Waals surface area contributed by atoms with Crippen LogP contribution in [0.3, 0.4) is 0 Å². The van der Waals surface area contributed by atoms with Gasteiger partial charge in [0.15, 0.2) is 4.34 Å². The Morgan fingerprint density at radius 1 is 1.50 bits per heavy atom. The maximum Gasteiger partial charge on any atom is 0.308 e.